The third-order valence-corrected chi connectivity index (χ3v) is 3.29. The molecule has 1 unspecified atom stereocenters. The highest BCUT2D eigenvalue weighted by molar-refractivity contribution is 5.35. The molecule has 0 spiro atoms. The first kappa shape index (κ1) is 13.3. The number of benzene rings is 1. The molecule has 0 amide bonds. The van der Waals surface area contributed by atoms with E-state index in [1.54, 1.807) is 13.0 Å². The predicted molar refractivity (Wildman–Crippen MR) is 68.2 cm³/mol. The molecule has 1 fully saturated rings. The Hall–Kier alpha value is -1.13. The Balaban J connectivity index is 1.92. The first-order valence-electron chi connectivity index (χ1n) is 6.49. The van der Waals surface area contributed by atoms with E-state index in [4.69, 9.17) is 4.74 Å². The van der Waals surface area contributed by atoms with Crippen LogP contribution in [0.5, 0.6) is 5.75 Å². The Morgan fingerprint density at radius 1 is 1.39 bits per heavy atom. The minimum atomic E-state index is -0.646. The number of aliphatic hydroxyl groups is 1. The fraction of sp³-hybridized carbons (Fsp3) is 0.571. The van der Waals surface area contributed by atoms with Crippen molar-refractivity contribution in [2.24, 2.45) is 0 Å². The van der Waals surface area contributed by atoms with E-state index in [-0.39, 0.29) is 5.82 Å². The zero-order valence-corrected chi connectivity index (χ0v) is 10.7. The van der Waals surface area contributed by atoms with Crippen LogP contribution in [0.15, 0.2) is 18.2 Å². The van der Waals surface area contributed by atoms with Gasteiger partial charge in [0.1, 0.15) is 18.2 Å². The molecule has 1 aliphatic heterocycles. The van der Waals surface area contributed by atoms with E-state index in [9.17, 15) is 9.50 Å². The van der Waals surface area contributed by atoms with Crippen molar-refractivity contribution in [3.8, 4) is 5.75 Å². The number of rotatable bonds is 5. The molecule has 2 rings (SSSR count). The quantitative estimate of drug-likeness (QED) is 0.874. The molecule has 18 heavy (non-hydrogen) atoms. The van der Waals surface area contributed by atoms with Gasteiger partial charge in [-0.25, -0.2) is 4.39 Å². The lowest BCUT2D eigenvalue weighted by molar-refractivity contribution is 0.186. The third-order valence-electron chi connectivity index (χ3n) is 3.29. The van der Waals surface area contributed by atoms with Crippen LogP contribution in [0.1, 0.15) is 31.4 Å². The molecule has 0 radical (unpaired) electrons. The van der Waals surface area contributed by atoms with Crippen LogP contribution in [0.2, 0.25) is 0 Å². The van der Waals surface area contributed by atoms with E-state index in [2.05, 4.69) is 4.90 Å². The van der Waals surface area contributed by atoms with Gasteiger partial charge in [0.05, 0.1) is 6.10 Å². The fourth-order valence-corrected chi connectivity index (χ4v) is 2.27. The van der Waals surface area contributed by atoms with Crippen LogP contribution < -0.4 is 4.74 Å². The lowest BCUT2D eigenvalue weighted by Crippen LogP contribution is -2.25. The van der Waals surface area contributed by atoms with Gasteiger partial charge in [0, 0.05) is 18.2 Å². The van der Waals surface area contributed by atoms with Crippen molar-refractivity contribution in [2.75, 3.05) is 26.2 Å². The van der Waals surface area contributed by atoms with Crippen molar-refractivity contribution in [2.45, 2.75) is 25.9 Å². The first-order chi connectivity index (χ1) is 8.66. The molecule has 0 aromatic heterocycles. The van der Waals surface area contributed by atoms with Crippen LogP contribution >= 0.6 is 0 Å². The van der Waals surface area contributed by atoms with E-state index in [1.165, 1.54) is 25.0 Å². The number of ether oxygens (including phenoxy) is 1. The van der Waals surface area contributed by atoms with Gasteiger partial charge in [-0.05, 0) is 45.0 Å². The Bertz CT molecular complexity index is 389. The maximum atomic E-state index is 13.2. The van der Waals surface area contributed by atoms with E-state index in [1.807, 2.05) is 0 Å². The van der Waals surface area contributed by atoms with Gasteiger partial charge in [-0.2, -0.15) is 0 Å². The second-order valence-corrected chi connectivity index (χ2v) is 4.76. The Kier molecular flexibility index (Phi) is 4.55. The summed E-state index contributed by atoms with van der Waals surface area (Å²) in [4.78, 5) is 2.33. The van der Waals surface area contributed by atoms with Crippen LogP contribution in [-0.2, 0) is 0 Å². The highest BCUT2D eigenvalue weighted by Crippen LogP contribution is 2.26. The Labute approximate surface area is 107 Å². The summed E-state index contributed by atoms with van der Waals surface area (Å²) in [5.74, 6) is 0.111. The first-order valence-corrected chi connectivity index (χ1v) is 6.49. The molecular formula is C14H20FNO2. The van der Waals surface area contributed by atoms with Gasteiger partial charge in [0.25, 0.3) is 0 Å². The van der Waals surface area contributed by atoms with Crippen molar-refractivity contribution in [3.63, 3.8) is 0 Å². The largest absolute Gasteiger partial charge is 0.492 e. The number of halogens is 1. The number of hydrogen-bond acceptors (Lipinski definition) is 3. The lowest BCUT2D eigenvalue weighted by atomic mass is 10.1. The summed E-state index contributed by atoms with van der Waals surface area (Å²) < 4.78 is 18.8. The van der Waals surface area contributed by atoms with Crippen molar-refractivity contribution in [3.05, 3.63) is 29.6 Å². The molecule has 1 N–H and O–H groups in total. The van der Waals surface area contributed by atoms with Crippen molar-refractivity contribution < 1.29 is 14.2 Å². The maximum absolute atomic E-state index is 13.2. The average Bonchev–Trinajstić information content (AvgIpc) is 2.82. The minimum Gasteiger partial charge on any atom is -0.492 e. The molecular weight excluding hydrogens is 233 g/mol. The number of aliphatic hydroxyl groups excluding tert-OH is 1. The summed E-state index contributed by atoms with van der Waals surface area (Å²) in [5, 5.41) is 9.59. The summed E-state index contributed by atoms with van der Waals surface area (Å²) >= 11 is 0. The molecule has 0 saturated carbocycles. The smallest absolute Gasteiger partial charge is 0.128 e. The molecule has 3 nitrogen and oxygen atoms in total. The molecule has 1 saturated heterocycles. The van der Waals surface area contributed by atoms with Crippen molar-refractivity contribution >= 4 is 0 Å². The molecule has 0 bridgehead atoms. The Morgan fingerprint density at radius 3 is 2.78 bits per heavy atom. The van der Waals surface area contributed by atoms with E-state index < -0.39 is 6.10 Å². The third kappa shape index (κ3) is 3.43. The highest BCUT2D eigenvalue weighted by atomic mass is 19.1. The second kappa shape index (κ2) is 6.16. The molecule has 1 atom stereocenters. The molecule has 1 aromatic carbocycles. The molecule has 1 heterocycles. The van der Waals surface area contributed by atoms with Gasteiger partial charge in [-0.3, -0.25) is 4.90 Å². The highest BCUT2D eigenvalue weighted by Gasteiger charge is 2.13. The number of nitrogens with zero attached hydrogens (tertiary/aromatic N) is 1. The van der Waals surface area contributed by atoms with Gasteiger partial charge >= 0.3 is 0 Å². The molecule has 4 heteroatoms. The normalized spacial score (nSPS) is 17.9. The molecule has 1 aromatic rings. The van der Waals surface area contributed by atoms with Crippen LogP contribution in [0.4, 0.5) is 4.39 Å². The Morgan fingerprint density at radius 2 is 2.11 bits per heavy atom. The van der Waals surface area contributed by atoms with Crippen LogP contribution in [0.3, 0.4) is 0 Å². The van der Waals surface area contributed by atoms with Gasteiger partial charge in [0.15, 0.2) is 0 Å². The van der Waals surface area contributed by atoms with Crippen LogP contribution in [0.25, 0.3) is 0 Å². The zero-order chi connectivity index (χ0) is 13.0. The monoisotopic (exact) mass is 253 g/mol. The van der Waals surface area contributed by atoms with E-state index in [0.29, 0.717) is 17.9 Å². The van der Waals surface area contributed by atoms with Crippen LogP contribution in [-0.4, -0.2) is 36.2 Å². The summed E-state index contributed by atoms with van der Waals surface area (Å²) in [7, 11) is 0. The molecule has 1 aliphatic rings. The molecule has 0 aliphatic carbocycles. The van der Waals surface area contributed by atoms with E-state index >= 15 is 0 Å². The lowest BCUT2D eigenvalue weighted by Gasteiger charge is -2.17. The predicted octanol–water partition coefficient (Wildman–Crippen LogP) is 2.35. The maximum Gasteiger partial charge on any atom is 0.128 e. The second-order valence-electron chi connectivity index (χ2n) is 4.76. The molecule has 100 valence electrons. The number of hydrogen-bond donors (Lipinski definition) is 1. The van der Waals surface area contributed by atoms with Gasteiger partial charge in [0.2, 0.25) is 0 Å². The zero-order valence-electron chi connectivity index (χ0n) is 10.7. The summed E-state index contributed by atoms with van der Waals surface area (Å²) in [6.45, 7) is 5.28. The number of likely N-dealkylation sites (tertiary alicyclic amines) is 1. The van der Waals surface area contributed by atoms with Gasteiger partial charge in [-0.15, -0.1) is 0 Å². The van der Waals surface area contributed by atoms with Gasteiger partial charge in [-0.1, -0.05) is 0 Å². The summed E-state index contributed by atoms with van der Waals surface area (Å²) in [6.07, 6.45) is 1.85. The van der Waals surface area contributed by atoms with E-state index in [0.717, 1.165) is 19.6 Å². The minimum absolute atomic E-state index is 0.337. The standard InChI is InChI=1S/C14H20FNO2/c1-11(17)13-5-4-12(15)10-14(13)18-9-8-16-6-2-3-7-16/h4-5,10-11,17H,2-3,6-9H2,1H3. The summed E-state index contributed by atoms with van der Waals surface area (Å²) in [5.41, 5.74) is 0.637. The van der Waals surface area contributed by atoms with Gasteiger partial charge < -0.3 is 9.84 Å². The fourth-order valence-electron chi connectivity index (χ4n) is 2.27. The SMILES string of the molecule is CC(O)c1ccc(F)cc1OCCN1CCCC1. The van der Waals surface area contributed by atoms with Crippen molar-refractivity contribution in [1.82, 2.24) is 4.90 Å². The summed E-state index contributed by atoms with van der Waals surface area (Å²) in [6, 6.07) is 4.26. The van der Waals surface area contributed by atoms with Crippen LogP contribution in [0, 0.1) is 5.82 Å². The average molecular weight is 253 g/mol. The van der Waals surface area contributed by atoms with Crippen molar-refractivity contribution in [1.29, 1.82) is 0 Å². The topological polar surface area (TPSA) is 32.7 Å².